The van der Waals surface area contributed by atoms with Crippen LogP contribution in [0.2, 0.25) is 0 Å². The first-order valence-electron chi connectivity index (χ1n) is 4.11. The molecule has 15 heavy (non-hydrogen) atoms. The van der Waals surface area contributed by atoms with Gasteiger partial charge in [0.1, 0.15) is 0 Å². The summed E-state index contributed by atoms with van der Waals surface area (Å²) in [5.41, 5.74) is 0.628. The van der Waals surface area contributed by atoms with Gasteiger partial charge in [0.25, 0.3) is 0 Å². The summed E-state index contributed by atoms with van der Waals surface area (Å²) >= 11 is 0. The highest BCUT2D eigenvalue weighted by molar-refractivity contribution is 5.99. The molecule has 1 rings (SSSR count). The zero-order valence-electron chi connectivity index (χ0n) is 8.30. The number of methoxy groups -OCH3 is 1. The molecule has 1 aromatic carbocycles. The quantitative estimate of drug-likeness (QED) is 0.356. The molecule has 0 bridgehead atoms. The van der Waals surface area contributed by atoms with Crippen LogP contribution in [0, 0.1) is 10.1 Å². The SMILES string of the molecule is COc1ccc(/C(C)=N/O)cc1[N+](=O)[O-]. The van der Waals surface area contributed by atoms with Crippen molar-refractivity contribution < 1.29 is 14.9 Å². The zero-order chi connectivity index (χ0) is 11.4. The lowest BCUT2D eigenvalue weighted by atomic mass is 10.1. The lowest BCUT2D eigenvalue weighted by molar-refractivity contribution is -0.385. The van der Waals surface area contributed by atoms with E-state index in [1.807, 2.05) is 0 Å². The van der Waals surface area contributed by atoms with Crippen LogP contribution in [0.4, 0.5) is 5.69 Å². The molecule has 0 amide bonds. The maximum atomic E-state index is 10.7. The van der Waals surface area contributed by atoms with Crippen LogP contribution < -0.4 is 4.74 Å². The van der Waals surface area contributed by atoms with E-state index in [0.29, 0.717) is 11.3 Å². The van der Waals surface area contributed by atoms with E-state index in [-0.39, 0.29) is 11.4 Å². The smallest absolute Gasteiger partial charge is 0.311 e. The number of hydrogen-bond acceptors (Lipinski definition) is 5. The molecule has 1 aromatic rings. The Morgan fingerprint density at radius 3 is 2.73 bits per heavy atom. The van der Waals surface area contributed by atoms with Crippen LogP contribution in [0.1, 0.15) is 12.5 Å². The van der Waals surface area contributed by atoms with Gasteiger partial charge in [-0.25, -0.2) is 0 Å². The minimum Gasteiger partial charge on any atom is -0.490 e. The molecule has 0 aliphatic heterocycles. The largest absolute Gasteiger partial charge is 0.490 e. The molecular weight excluding hydrogens is 200 g/mol. The molecule has 0 spiro atoms. The topological polar surface area (TPSA) is 85.0 Å². The van der Waals surface area contributed by atoms with Crippen molar-refractivity contribution in [3.8, 4) is 5.75 Å². The summed E-state index contributed by atoms with van der Waals surface area (Å²) in [5, 5.41) is 22.2. The Morgan fingerprint density at radius 2 is 2.27 bits per heavy atom. The second-order valence-electron chi connectivity index (χ2n) is 2.83. The van der Waals surface area contributed by atoms with Crippen molar-refractivity contribution in [2.75, 3.05) is 7.11 Å². The summed E-state index contributed by atoms with van der Waals surface area (Å²) in [6.45, 7) is 1.55. The van der Waals surface area contributed by atoms with Crippen LogP contribution in [0.5, 0.6) is 5.75 Å². The number of nitro benzene ring substituents is 1. The second-order valence-corrected chi connectivity index (χ2v) is 2.83. The molecule has 0 atom stereocenters. The number of benzene rings is 1. The number of nitro groups is 1. The monoisotopic (exact) mass is 210 g/mol. The normalized spacial score (nSPS) is 11.2. The highest BCUT2D eigenvalue weighted by Gasteiger charge is 2.15. The number of ether oxygens (including phenoxy) is 1. The van der Waals surface area contributed by atoms with Crippen LogP contribution in [0.15, 0.2) is 23.4 Å². The van der Waals surface area contributed by atoms with E-state index in [1.54, 1.807) is 13.0 Å². The molecular formula is C9H10N2O4. The summed E-state index contributed by atoms with van der Waals surface area (Å²) < 4.78 is 4.83. The van der Waals surface area contributed by atoms with Crippen molar-refractivity contribution >= 4 is 11.4 Å². The average molecular weight is 210 g/mol. The highest BCUT2D eigenvalue weighted by Crippen LogP contribution is 2.27. The molecule has 80 valence electrons. The van der Waals surface area contributed by atoms with E-state index < -0.39 is 4.92 Å². The van der Waals surface area contributed by atoms with Crippen molar-refractivity contribution in [3.63, 3.8) is 0 Å². The van der Waals surface area contributed by atoms with Gasteiger partial charge in [0, 0.05) is 11.6 Å². The van der Waals surface area contributed by atoms with E-state index in [9.17, 15) is 10.1 Å². The summed E-state index contributed by atoms with van der Waals surface area (Å²) in [4.78, 5) is 10.1. The van der Waals surface area contributed by atoms with Gasteiger partial charge in [-0.05, 0) is 19.1 Å². The van der Waals surface area contributed by atoms with Crippen molar-refractivity contribution in [2.45, 2.75) is 6.92 Å². The first-order valence-corrected chi connectivity index (χ1v) is 4.11. The fraction of sp³-hybridized carbons (Fsp3) is 0.222. The summed E-state index contributed by atoms with van der Waals surface area (Å²) in [6, 6.07) is 4.34. The Hall–Kier alpha value is -2.11. The van der Waals surface area contributed by atoms with Crippen LogP contribution >= 0.6 is 0 Å². The van der Waals surface area contributed by atoms with Gasteiger partial charge in [0.05, 0.1) is 17.7 Å². The summed E-state index contributed by atoms with van der Waals surface area (Å²) in [6.07, 6.45) is 0. The predicted octanol–water partition coefficient (Wildman–Crippen LogP) is 1.80. The first-order chi connectivity index (χ1) is 7.10. The molecule has 0 saturated heterocycles. The molecule has 6 nitrogen and oxygen atoms in total. The van der Waals surface area contributed by atoms with Gasteiger partial charge < -0.3 is 9.94 Å². The van der Waals surface area contributed by atoms with Gasteiger partial charge in [-0.2, -0.15) is 0 Å². The molecule has 0 fully saturated rings. The molecule has 0 saturated carbocycles. The fourth-order valence-corrected chi connectivity index (χ4v) is 1.12. The van der Waals surface area contributed by atoms with E-state index in [4.69, 9.17) is 9.94 Å². The fourth-order valence-electron chi connectivity index (χ4n) is 1.12. The Morgan fingerprint density at radius 1 is 1.60 bits per heavy atom. The van der Waals surface area contributed by atoms with E-state index >= 15 is 0 Å². The Bertz CT molecular complexity index is 415. The number of rotatable bonds is 3. The third-order valence-corrected chi connectivity index (χ3v) is 1.94. The number of oxime groups is 1. The van der Waals surface area contributed by atoms with Gasteiger partial charge in [0.15, 0.2) is 5.75 Å². The Labute approximate surface area is 85.9 Å². The van der Waals surface area contributed by atoms with Crippen molar-refractivity contribution in [2.24, 2.45) is 5.16 Å². The third kappa shape index (κ3) is 2.22. The first kappa shape index (κ1) is 11.0. The lowest BCUT2D eigenvalue weighted by Crippen LogP contribution is -1.99. The average Bonchev–Trinajstić information content (AvgIpc) is 2.27. The van der Waals surface area contributed by atoms with E-state index in [2.05, 4.69) is 5.16 Å². The van der Waals surface area contributed by atoms with Crippen molar-refractivity contribution in [1.29, 1.82) is 0 Å². The maximum Gasteiger partial charge on any atom is 0.311 e. The van der Waals surface area contributed by atoms with Gasteiger partial charge >= 0.3 is 5.69 Å². The molecule has 0 aromatic heterocycles. The molecule has 1 N–H and O–H groups in total. The van der Waals surface area contributed by atoms with Gasteiger partial charge in [0.2, 0.25) is 0 Å². The minimum atomic E-state index is -0.549. The molecule has 0 heterocycles. The molecule has 0 aliphatic rings. The van der Waals surface area contributed by atoms with Gasteiger partial charge in [-0.15, -0.1) is 0 Å². The molecule has 6 heteroatoms. The second kappa shape index (κ2) is 4.41. The molecule has 0 aliphatic carbocycles. The molecule has 0 unspecified atom stereocenters. The number of nitrogens with zero attached hydrogens (tertiary/aromatic N) is 2. The van der Waals surface area contributed by atoms with E-state index in [1.165, 1.54) is 19.2 Å². The van der Waals surface area contributed by atoms with Gasteiger partial charge in [-0.1, -0.05) is 5.16 Å². The predicted molar refractivity (Wildman–Crippen MR) is 53.6 cm³/mol. The minimum absolute atomic E-state index is 0.155. The number of hydrogen-bond donors (Lipinski definition) is 1. The van der Waals surface area contributed by atoms with Crippen LogP contribution in [0.25, 0.3) is 0 Å². The van der Waals surface area contributed by atoms with Gasteiger partial charge in [-0.3, -0.25) is 10.1 Å². The highest BCUT2D eigenvalue weighted by atomic mass is 16.6. The standard InChI is InChI=1S/C9H10N2O4/c1-6(10-12)7-3-4-9(15-2)8(5-7)11(13)14/h3-5,12H,1-2H3/b10-6+. The molecule has 0 radical (unpaired) electrons. The van der Waals surface area contributed by atoms with Crippen LogP contribution in [0.3, 0.4) is 0 Å². The Kier molecular flexibility index (Phi) is 3.22. The van der Waals surface area contributed by atoms with Crippen LogP contribution in [-0.4, -0.2) is 23.0 Å². The maximum absolute atomic E-state index is 10.7. The summed E-state index contributed by atoms with van der Waals surface area (Å²) in [5.74, 6) is 0.175. The van der Waals surface area contributed by atoms with Crippen LogP contribution in [-0.2, 0) is 0 Å². The van der Waals surface area contributed by atoms with E-state index in [0.717, 1.165) is 0 Å². The lowest BCUT2D eigenvalue weighted by Gasteiger charge is -2.03. The third-order valence-electron chi connectivity index (χ3n) is 1.94. The summed E-state index contributed by atoms with van der Waals surface area (Å²) in [7, 11) is 1.36. The van der Waals surface area contributed by atoms with Crippen molar-refractivity contribution in [3.05, 3.63) is 33.9 Å². The zero-order valence-corrected chi connectivity index (χ0v) is 8.30. The van der Waals surface area contributed by atoms with Crippen molar-refractivity contribution in [1.82, 2.24) is 0 Å². The Balaban J connectivity index is 3.28.